The number of hydrogen-bond donors (Lipinski definition) is 0. The first-order valence-corrected chi connectivity index (χ1v) is 6.64. The fourth-order valence-corrected chi connectivity index (χ4v) is 2.05. The Morgan fingerprint density at radius 3 is 2.25 bits per heavy atom. The largest absolute Gasteiger partial charge is 0.151 e. The number of rotatable bonds is 6. The van der Waals surface area contributed by atoms with Gasteiger partial charge in [0.2, 0.25) is 0 Å². The van der Waals surface area contributed by atoms with Crippen LogP contribution in [0.5, 0.6) is 0 Å². The van der Waals surface area contributed by atoms with Crippen molar-refractivity contribution in [3.63, 3.8) is 0 Å². The van der Waals surface area contributed by atoms with E-state index in [1.807, 2.05) is 54.6 Å². The zero-order valence-corrected chi connectivity index (χ0v) is 11.5. The predicted molar refractivity (Wildman–Crippen MR) is 84.9 cm³/mol. The van der Waals surface area contributed by atoms with Gasteiger partial charge in [-0.25, -0.2) is 0 Å². The molecule has 0 saturated heterocycles. The first-order valence-electron chi connectivity index (χ1n) is 6.64. The zero-order valence-electron chi connectivity index (χ0n) is 11.5. The van der Waals surface area contributed by atoms with E-state index in [1.54, 1.807) is 0 Å². The van der Waals surface area contributed by atoms with Crippen molar-refractivity contribution in [2.75, 3.05) is 0 Å². The molecule has 0 unspecified atom stereocenters. The average molecular weight is 262 g/mol. The van der Waals surface area contributed by atoms with Gasteiger partial charge in [0, 0.05) is 0 Å². The summed E-state index contributed by atoms with van der Waals surface area (Å²) in [5.41, 5.74) is 4.14. The van der Waals surface area contributed by atoms with Crippen LogP contribution in [0.25, 0.3) is 0 Å². The van der Waals surface area contributed by atoms with Gasteiger partial charge in [0.25, 0.3) is 0 Å². The van der Waals surface area contributed by atoms with Gasteiger partial charge in [-0.3, -0.25) is 0 Å². The summed E-state index contributed by atoms with van der Waals surface area (Å²) in [4.78, 5) is 0. The highest BCUT2D eigenvalue weighted by molar-refractivity contribution is 5.52. The molecule has 100 valence electrons. The number of nitrogens with zero attached hydrogens (tertiary/aromatic N) is 2. The fourth-order valence-electron chi connectivity index (χ4n) is 2.05. The third-order valence-electron chi connectivity index (χ3n) is 2.99. The van der Waals surface area contributed by atoms with Gasteiger partial charge in [0.1, 0.15) is 0 Å². The fraction of sp³-hybridized carbons (Fsp3) is 0.111. The van der Waals surface area contributed by atoms with Crippen LogP contribution in [0.3, 0.4) is 0 Å². The second-order valence-corrected chi connectivity index (χ2v) is 4.44. The van der Waals surface area contributed by atoms with Crippen LogP contribution in [0.2, 0.25) is 0 Å². The van der Waals surface area contributed by atoms with Crippen LogP contribution < -0.4 is 0 Å². The normalized spacial score (nSPS) is 10.6. The lowest BCUT2D eigenvalue weighted by molar-refractivity contribution is 1.12. The maximum atomic E-state index is 4.38. The lowest BCUT2D eigenvalue weighted by Gasteiger charge is -2.08. The van der Waals surface area contributed by atoms with E-state index in [0.717, 1.165) is 24.2 Å². The molecule has 0 saturated carbocycles. The van der Waals surface area contributed by atoms with E-state index in [9.17, 15) is 0 Å². The molecule has 2 nitrogen and oxygen atoms in total. The van der Waals surface area contributed by atoms with Gasteiger partial charge < -0.3 is 0 Å². The molecule has 0 aliphatic carbocycles. The van der Waals surface area contributed by atoms with Gasteiger partial charge in [0.05, 0.1) is 11.4 Å². The maximum Gasteiger partial charge on any atom is 0.0895 e. The second kappa shape index (κ2) is 7.19. The molecule has 2 heteroatoms. The third kappa shape index (κ3) is 3.51. The van der Waals surface area contributed by atoms with E-state index in [4.69, 9.17) is 0 Å². The molecule has 0 aromatic heterocycles. The van der Waals surface area contributed by atoms with Gasteiger partial charge in [-0.15, -0.1) is 13.2 Å². The molecule has 0 fully saturated rings. The maximum absolute atomic E-state index is 4.38. The van der Waals surface area contributed by atoms with Gasteiger partial charge in [-0.2, -0.15) is 10.2 Å². The lowest BCUT2D eigenvalue weighted by atomic mass is 10.00. The van der Waals surface area contributed by atoms with E-state index in [2.05, 4.69) is 29.5 Å². The molecular formula is C18H18N2. The van der Waals surface area contributed by atoms with E-state index >= 15 is 0 Å². The highest BCUT2D eigenvalue weighted by Crippen LogP contribution is 2.26. The quantitative estimate of drug-likeness (QED) is 0.481. The van der Waals surface area contributed by atoms with Crippen LogP contribution in [-0.2, 0) is 12.8 Å². The summed E-state index contributed by atoms with van der Waals surface area (Å²) in [5.74, 6) is 0. The standard InChI is InChI=1S/C18H18N2/c1-3-9-15-11-8-14-18(17(15)10-4-2)20-19-16-12-6-5-7-13-16/h3-8,11-14H,1-2,9-10H2. The van der Waals surface area contributed by atoms with Crippen LogP contribution in [0, 0.1) is 0 Å². The molecule has 0 spiro atoms. The topological polar surface area (TPSA) is 24.7 Å². The molecule has 2 aromatic carbocycles. The lowest BCUT2D eigenvalue weighted by Crippen LogP contribution is -1.91. The number of hydrogen-bond acceptors (Lipinski definition) is 2. The monoisotopic (exact) mass is 262 g/mol. The molecule has 20 heavy (non-hydrogen) atoms. The molecule has 0 atom stereocenters. The van der Waals surface area contributed by atoms with Gasteiger partial charge >= 0.3 is 0 Å². The third-order valence-corrected chi connectivity index (χ3v) is 2.99. The van der Waals surface area contributed by atoms with Crippen LogP contribution in [0.1, 0.15) is 11.1 Å². The van der Waals surface area contributed by atoms with E-state index in [-0.39, 0.29) is 0 Å². The van der Waals surface area contributed by atoms with Crippen molar-refractivity contribution < 1.29 is 0 Å². The predicted octanol–water partition coefficient (Wildman–Crippen LogP) is 5.56. The first kappa shape index (κ1) is 13.9. The van der Waals surface area contributed by atoms with Crippen molar-refractivity contribution in [3.05, 3.63) is 85.0 Å². The minimum absolute atomic E-state index is 0.785. The summed E-state index contributed by atoms with van der Waals surface area (Å²) < 4.78 is 0. The highest BCUT2D eigenvalue weighted by Gasteiger charge is 2.05. The highest BCUT2D eigenvalue weighted by atomic mass is 15.1. The van der Waals surface area contributed by atoms with Crippen LogP contribution >= 0.6 is 0 Å². The summed E-state index contributed by atoms with van der Waals surface area (Å²) in [6.07, 6.45) is 5.41. The van der Waals surface area contributed by atoms with E-state index in [0.29, 0.717) is 0 Å². The number of azo groups is 1. The minimum Gasteiger partial charge on any atom is -0.151 e. The molecular weight excluding hydrogens is 244 g/mol. The Kier molecular flexibility index (Phi) is 5.01. The summed E-state index contributed by atoms with van der Waals surface area (Å²) in [5, 5.41) is 8.67. The molecule has 0 bridgehead atoms. The molecule has 0 aliphatic rings. The van der Waals surface area contributed by atoms with Gasteiger partial charge in [0.15, 0.2) is 0 Å². The Balaban J connectivity index is 2.35. The summed E-state index contributed by atoms with van der Waals surface area (Å²) in [7, 11) is 0. The second-order valence-electron chi connectivity index (χ2n) is 4.44. The smallest absolute Gasteiger partial charge is 0.0895 e. The van der Waals surface area contributed by atoms with E-state index in [1.165, 1.54) is 11.1 Å². The Labute approximate surface area is 120 Å². The zero-order chi connectivity index (χ0) is 14.2. The van der Waals surface area contributed by atoms with Crippen LogP contribution in [0.4, 0.5) is 11.4 Å². The Bertz CT molecular complexity index is 613. The van der Waals surface area contributed by atoms with Crippen LogP contribution in [-0.4, -0.2) is 0 Å². The van der Waals surface area contributed by atoms with Crippen LogP contribution in [0.15, 0.2) is 84.1 Å². The first-order chi connectivity index (χ1) is 9.85. The Morgan fingerprint density at radius 2 is 1.55 bits per heavy atom. The van der Waals surface area contributed by atoms with Crippen molar-refractivity contribution in [3.8, 4) is 0 Å². The molecule has 0 aliphatic heterocycles. The SMILES string of the molecule is C=CCc1cccc(N=Nc2ccccc2)c1CC=C. The van der Waals surface area contributed by atoms with Crippen molar-refractivity contribution in [1.82, 2.24) is 0 Å². The van der Waals surface area contributed by atoms with Crippen molar-refractivity contribution in [1.29, 1.82) is 0 Å². The summed E-state index contributed by atoms with van der Waals surface area (Å²) in [6.45, 7) is 7.62. The number of benzene rings is 2. The Morgan fingerprint density at radius 1 is 0.800 bits per heavy atom. The Hall–Kier alpha value is -2.48. The molecule has 0 radical (unpaired) electrons. The van der Waals surface area contributed by atoms with Crippen molar-refractivity contribution >= 4 is 11.4 Å². The minimum atomic E-state index is 0.785. The number of allylic oxidation sites excluding steroid dienone is 2. The van der Waals surface area contributed by atoms with Crippen molar-refractivity contribution in [2.45, 2.75) is 12.8 Å². The summed E-state index contributed by atoms with van der Waals surface area (Å²) >= 11 is 0. The molecule has 0 heterocycles. The van der Waals surface area contributed by atoms with Gasteiger partial charge in [-0.05, 0) is 42.2 Å². The molecule has 2 aromatic rings. The van der Waals surface area contributed by atoms with Crippen molar-refractivity contribution in [2.24, 2.45) is 10.2 Å². The summed E-state index contributed by atoms with van der Waals surface area (Å²) in [6, 6.07) is 15.8. The molecule has 2 rings (SSSR count). The average Bonchev–Trinajstić information content (AvgIpc) is 2.49. The molecule has 0 amide bonds. The molecule has 0 N–H and O–H groups in total. The van der Waals surface area contributed by atoms with E-state index < -0.39 is 0 Å². The van der Waals surface area contributed by atoms with Gasteiger partial charge in [-0.1, -0.05) is 42.5 Å².